The van der Waals surface area contributed by atoms with Crippen LogP contribution in [0.1, 0.15) is 10.4 Å². The first-order chi connectivity index (χ1) is 9.72. The number of ketones is 1. The van der Waals surface area contributed by atoms with Crippen LogP contribution in [0.2, 0.25) is 5.02 Å². The number of carbonyl (C=O) groups is 1. The molecule has 0 heterocycles. The molecule has 2 aromatic carbocycles. The van der Waals surface area contributed by atoms with Crippen molar-refractivity contribution in [1.82, 2.24) is 0 Å². The Hall–Kier alpha value is -2.57. The molecule has 4 heteroatoms. The van der Waals surface area contributed by atoms with Gasteiger partial charge in [0, 0.05) is 17.5 Å². The number of nitriles is 1. The number of Topliss-reactive ketones (excluding diaryl/α,β-unsaturated/α-hetero) is 1. The van der Waals surface area contributed by atoms with Gasteiger partial charge >= 0.3 is 0 Å². The minimum absolute atomic E-state index is 0.00181. The highest BCUT2D eigenvalue weighted by Gasteiger charge is 2.14. The molecule has 0 radical (unpaired) electrons. The van der Waals surface area contributed by atoms with Gasteiger partial charge in [-0.15, -0.1) is 0 Å². The average molecular weight is 283 g/mol. The molecule has 1 N–H and O–H groups in total. The van der Waals surface area contributed by atoms with Gasteiger partial charge in [-0.25, -0.2) is 0 Å². The molecule has 0 atom stereocenters. The fourth-order valence-electron chi connectivity index (χ4n) is 1.63. The zero-order chi connectivity index (χ0) is 14.4. The lowest BCUT2D eigenvalue weighted by Gasteiger charge is -2.03. The standard InChI is InChI=1S/C16H11ClN2O/c17-15-9-5-4-8-14(15)16(20)12(10-18)11-19-13-6-2-1-3-7-13/h1-9,11,19H/b12-11+. The molecule has 20 heavy (non-hydrogen) atoms. The number of carbonyl (C=O) groups excluding carboxylic acids is 1. The van der Waals surface area contributed by atoms with Crippen LogP contribution in [-0.2, 0) is 0 Å². The van der Waals surface area contributed by atoms with Gasteiger partial charge < -0.3 is 5.32 Å². The minimum Gasteiger partial charge on any atom is -0.360 e. The highest BCUT2D eigenvalue weighted by molar-refractivity contribution is 6.35. The number of hydrogen-bond donors (Lipinski definition) is 1. The molecule has 0 aliphatic rings. The molecule has 0 aliphatic carbocycles. The fraction of sp³-hybridized carbons (Fsp3) is 0. The van der Waals surface area contributed by atoms with Crippen LogP contribution in [0.3, 0.4) is 0 Å². The molecule has 2 rings (SSSR count). The van der Waals surface area contributed by atoms with Crippen LogP contribution in [-0.4, -0.2) is 5.78 Å². The summed E-state index contributed by atoms with van der Waals surface area (Å²) >= 11 is 5.96. The number of hydrogen-bond acceptors (Lipinski definition) is 3. The van der Waals surface area contributed by atoms with E-state index in [0.717, 1.165) is 5.69 Å². The minimum atomic E-state index is -0.401. The second kappa shape index (κ2) is 6.55. The van der Waals surface area contributed by atoms with E-state index in [1.165, 1.54) is 6.20 Å². The van der Waals surface area contributed by atoms with Crippen molar-refractivity contribution in [3.8, 4) is 6.07 Å². The van der Waals surface area contributed by atoms with Crippen LogP contribution < -0.4 is 5.32 Å². The summed E-state index contributed by atoms with van der Waals surface area (Å²) in [6, 6.07) is 17.8. The number of nitrogens with zero attached hydrogens (tertiary/aromatic N) is 1. The van der Waals surface area contributed by atoms with Crippen molar-refractivity contribution in [2.24, 2.45) is 0 Å². The Labute approximate surface area is 122 Å². The molecule has 0 spiro atoms. The van der Waals surface area contributed by atoms with Crippen molar-refractivity contribution in [3.63, 3.8) is 0 Å². The first-order valence-corrected chi connectivity index (χ1v) is 6.31. The Morgan fingerprint density at radius 2 is 1.75 bits per heavy atom. The van der Waals surface area contributed by atoms with Crippen LogP contribution in [0.4, 0.5) is 5.69 Å². The summed E-state index contributed by atoms with van der Waals surface area (Å²) in [5, 5.41) is 12.4. The third kappa shape index (κ3) is 3.25. The van der Waals surface area contributed by atoms with Crippen molar-refractivity contribution in [2.75, 3.05) is 5.32 Å². The lowest BCUT2D eigenvalue weighted by Crippen LogP contribution is -2.05. The summed E-state index contributed by atoms with van der Waals surface area (Å²) in [5.41, 5.74) is 1.12. The lowest BCUT2D eigenvalue weighted by atomic mass is 10.1. The first-order valence-electron chi connectivity index (χ1n) is 5.93. The van der Waals surface area contributed by atoms with Gasteiger partial charge in [0.25, 0.3) is 0 Å². The Morgan fingerprint density at radius 3 is 2.40 bits per heavy atom. The number of benzene rings is 2. The normalized spacial score (nSPS) is 10.7. The second-order valence-corrected chi connectivity index (χ2v) is 4.40. The molecule has 0 amide bonds. The average Bonchev–Trinajstić information content (AvgIpc) is 2.49. The Bertz CT molecular complexity index is 687. The smallest absolute Gasteiger partial charge is 0.206 e. The maximum Gasteiger partial charge on any atom is 0.206 e. The molecule has 0 saturated heterocycles. The van der Waals surface area contributed by atoms with Gasteiger partial charge in [-0.05, 0) is 24.3 Å². The summed E-state index contributed by atoms with van der Waals surface area (Å²) < 4.78 is 0. The molecule has 0 aromatic heterocycles. The van der Waals surface area contributed by atoms with Crippen LogP contribution in [0.25, 0.3) is 0 Å². The predicted molar refractivity (Wildman–Crippen MR) is 79.5 cm³/mol. The molecular weight excluding hydrogens is 272 g/mol. The zero-order valence-electron chi connectivity index (χ0n) is 10.5. The second-order valence-electron chi connectivity index (χ2n) is 3.99. The SMILES string of the molecule is N#C/C(=C\Nc1ccccc1)C(=O)c1ccccc1Cl. The number of para-hydroxylation sites is 1. The van der Waals surface area contributed by atoms with E-state index in [-0.39, 0.29) is 5.57 Å². The van der Waals surface area contributed by atoms with Gasteiger partial charge in [-0.2, -0.15) is 5.26 Å². The van der Waals surface area contributed by atoms with Gasteiger partial charge in [-0.3, -0.25) is 4.79 Å². The predicted octanol–water partition coefficient (Wildman–Crippen LogP) is 4.04. The molecule has 0 aliphatic heterocycles. The monoisotopic (exact) mass is 282 g/mol. The summed E-state index contributed by atoms with van der Waals surface area (Å²) in [6.45, 7) is 0. The van der Waals surface area contributed by atoms with Crippen molar-refractivity contribution >= 4 is 23.1 Å². The van der Waals surface area contributed by atoms with Crippen molar-refractivity contribution < 1.29 is 4.79 Å². The molecule has 0 unspecified atom stereocenters. The van der Waals surface area contributed by atoms with Crippen molar-refractivity contribution in [2.45, 2.75) is 0 Å². The van der Waals surface area contributed by atoms with Gasteiger partial charge in [0.2, 0.25) is 5.78 Å². The summed E-state index contributed by atoms with van der Waals surface area (Å²) in [6.07, 6.45) is 1.39. The molecule has 98 valence electrons. The largest absolute Gasteiger partial charge is 0.360 e. The summed E-state index contributed by atoms with van der Waals surface area (Å²) in [7, 11) is 0. The van der Waals surface area contributed by atoms with Crippen molar-refractivity contribution in [3.05, 3.63) is 77.0 Å². The quantitative estimate of drug-likeness (QED) is 0.523. The Morgan fingerprint density at radius 1 is 1.10 bits per heavy atom. The van der Waals surface area contributed by atoms with Crippen LogP contribution in [0.5, 0.6) is 0 Å². The van der Waals surface area contributed by atoms with Crippen LogP contribution in [0.15, 0.2) is 66.4 Å². The van der Waals surface area contributed by atoms with E-state index in [9.17, 15) is 4.79 Å². The maximum atomic E-state index is 12.2. The Kier molecular flexibility index (Phi) is 4.54. The van der Waals surface area contributed by atoms with Crippen LogP contribution >= 0.6 is 11.6 Å². The van der Waals surface area contributed by atoms with Gasteiger partial charge in [0.05, 0.1) is 5.02 Å². The molecule has 3 nitrogen and oxygen atoms in total. The number of halogens is 1. The fourth-order valence-corrected chi connectivity index (χ4v) is 1.85. The molecule has 0 bridgehead atoms. The number of nitrogens with one attached hydrogen (secondary N) is 1. The van der Waals surface area contributed by atoms with Gasteiger partial charge in [0.15, 0.2) is 0 Å². The van der Waals surface area contributed by atoms with E-state index in [2.05, 4.69) is 5.32 Å². The highest BCUT2D eigenvalue weighted by Crippen LogP contribution is 2.18. The van der Waals surface area contributed by atoms with E-state index < -0.39 is 5.78 Å². The molecule has 0 saturated carbocycles. The van der Waals surface area contributed by atoms with E-state index in [0.29, 0.717) is 10.6 Å². The lowest BCUT2D eigenvalue weighted by molar-refractivity contribution is 0.103. The van der Waals surface area contributed by atoms with Gasteiger partial charge in [0.1, 0.15) is 11.6 Å². The number of allylic oxidation sites excluding steroid dienone is 1. The maximum absolute atomic E-state index is 12.2. The summed E-state index contributed by atoms with van der Waals surface area (Å²) in [5.74, 6) is -0.401. The number of rotatable bonds is 4. The first kappa shape index (κ1) is 13.9. The van der Waals surface area contributed by atoms with Crippen molar-refractivity contribution in [1.29, 1.82) is 5.26 Å². The molecule has 0 fully saturated rings. The highest BCUT2D eigenvalue weighted by atomic mass is 35.5. The van der Waals surface area contributed by atoms with E-state index in [1.54, 1.807) is 24.3 Å². The third-order valence-electron chi connectivity index (χ3n) is 2.64. The van der Waals surface area contributed by atoms with Crippen LogP contribution in [0, 0.1) is 11.3 Å². The number of anilines is 1. The topological polar surface area (TPSA) is 52.9 Å². The van der Waals surface area contributed by atoms with E-state index in [1.807, 2.05) is 36.4 Å². The zero-order valence-corrected chi connectivity index (χ0v) is 11.3. The Balaban J connectivity index is 2.23. The molecule has 2 aromatic rings. The third-order valence-corrected chi connectivity index (χ3v) is 2.97. The van der Waals surface area contributed by atoms with Gasteiger partial charge in [-0.1, -0.05) is 41.9 Å². The van der Waals surface area contributed by atoms with E-state index >= 15 is 0 Å². The van der Waals surface area contributed by atoms with E-state index in [4.69, 9.17) is 16.9 Å². The summed E-state index contributed by atoms with van der Waals surface area (Å²) in [4.78, 5) is 12.2. The molecular formula is C16H11ClN2O.